The number of aromatic nitrogens is 1. The van der Waals surface area contributed by atoms with Gasteiger partial charge in [-0.2, -0.15) is 0 Å². The number of nitrogens with one attached hydrogen (secondary N) is 2. The first-order chi connectivity index (χ1) is 12.2. The van der Waals surface area contributed by atoms with Gasteiger partial charge in [-0.3, -0.25) is 9.78 Å². The van der Waals surface area contributed by atoms with Crippen LogP contribution in [0.1, 0.15) is 24.3 Å². The molecule has 4 rings (SSSR count). The number of amides is 3. The molecule has 2 aromatic rings. The molecule has 0 bridgehead atoms. The van der Waals surface area contributed by atoms with Crippen LogP contribution in [0.5, 0.6) is 0 Å². The summed E-state index contributed by atoms with van der Waals surface area (Å²) in [6.07, 6.45) is 4.60. The van der Waals surface area contributed by atoms with E-state index in [2.05, 4.69) is 27.8 Å². The minimum Gasteiger partial charge on any atom is -0.337 e. The first-order valence-corrected chi connectivity index (χ1v) is 8.52. The molecule has 2 fully saturated rings. The Kier molecular flexibility index (Phi) is 4.09. The molecule has 6 heteroatoms. The maximum atomic E-state index is 12.3. The Hall–Kier alpha value is -2.89. The van der Waals surface area contributed by atoms with Gasteiger partial charge in [0.05, 0.1) is 17.9 Å². The molecule has 1 aliphatic carbocycles. The number of nitrogens with zero attached hydrogens (tertiary/aromatic N) is 2. The summed E-state index contributed by atoms with van der Waals surface area (Å²) >= 11 is 0. The minimum atomic E-state index is -0.303. The molecule has 0 radical (unpaired) electrons. The number of pyridine rings is 1. The third kappa shape index (κ3) is 3.47. The first kappa shape index (κ1) is 15.6. The largest absolute Gasteiger partial charge is 0.337 e. The second-order valence-corrected chi connectivity index (χ2v) is 6.61. The summed E-state index contributed by atoms with van der Waals surface area (Å²) in [7, 11) is 0. The van der Waals surface area contributed by atoms with Gasteiger partial charge in [0, 0.05) is 31.1 Å². The Morgan fingerprint density at radius 3 is 2.76 bits per heavy atom. The molecule has 1 saturated heterocycles. The van der Waals surface area contributed by atoms with Crippen molar-refractivity contribution in [1.82, 2.24) is 15.2 Å². The van der Waals surface area contributed by atoms with E-state index in [1.54, 1.807) is 24.5 Å². The van der Waals surface area contributed by atoms with Crippen molar-refractivity contribution in [2.75, 3.05) is 11.9 Å². The van der Waals surface area contributed by atoms with Crippen molar-refractivity contribution in [1.29, 1.82) is 0 Å². The zero-order valence-electron chi connectivity index (χ0n) is 13.8. The van der Waals surface area contributed by atoms with Crippen molar-refractivity contribution in [3.05, 3.63) is 60.4 Å². The van der Waals surface area contributed by atoms with E-state index in [-0.39, 0.29) is 24.0 Å². The number of carbonyl (C=O) groups is 2. The van der Waals surface area contributed by atoms with Gasteiger partial charge < -0.3 is 15.5 Å². The van der Waals surface area contributed by atoms with E-state index in [1.165, 1.54) is 5.56 Å². The van der Waals surface area contributed by atoms with E-state index in [0.29, 0.717) is 24.6 Å². The topological polar surface area (TPSA) is 74.3 Å². The molecule has 25 heavy (non-hydrogen) atoms. The van der Waals surface area contributed by atoms with Crippen molar-refractivity contribution in [2.24, 2.45) is 0 Å². The summed E-state index contributed by atoms with van der Waals surface area (Å²) in [6, 6.07) is 13.6. The molecule has 1 aromatic carbocycles. The molecule has 6 nitrogen and oxygen atoms in total. The van der Waals surface area contributed by atoms with Crippen LogP contribution < -0.4 is 10.6 Å². The summed E-state index contributed by atoms with van der Waals surface area (Å²) in [4.78, 5) is 30.3. The molecular weight excluding hydrogens is 316 g/mol. The predicted octanol–water partition coefficient (Wildman–Crippen LogP) is 2.36. The van der Waals surface area contributed by atoms with E-state index in [1.807, 2.05) is 23.1 Å². The summed E-state index contributed by atoms with van der Waals surface area (Å²) in [5.74, 6) is 0.545. The molecule has 128 valence electrons. The lowest BCUT2D eigenvalue weighted by atomic mass is 10.1. The molecule has 3 amide bonds. The predicted molar refractivity (Wildman–Crippen MR) is 94.1 cm³/mol. The molecule has 1 saturated carbocycles. The van der Waals surface area contributed by atoms with E-state index >= 15 is 0 Å². The Morgan fingerprint density at radius 2 is 2.00 bits per heavy atom. The summed E-state index contributed by atoms with van der Waals surface area (Å²) in [5.41, 5.74) is 1.92. The van der Waals surface area contributed by atoms with Crippen LogP contribution in [0.15, 0.2) is 54.9 Å². The standard InChI is InChI=1S/C19H20N4O2/c24-18-9-15(22-19(25)21-14-7-4-8-20-11-14)12-23(18)17-10-16(17)13-5-2-1-3-6-13/h1-8,11,15-17H,9-10,12H2,(H2,21,22,25)/t15-,16-,17+/m1/s1. The molecule has 2 N–H and O–H groups in total. The van der Waals surface area contributed by atoms with Crippen LogP contribution in [0.25, 0.3) is 0 Å². The SMILES string of the molecule is O=C(Nc1cccnc1)N[C@@H]1CC(=O)N([C@H]2C[C@@H]2c2ccccc2)C1. The van der Waals surface area contributed by atoms with Crippen molar-refractivity contribution >= 4 is 17.6 Å². The number of anilines is 1. The number of urea groups is 1. The fraction of sp³-hybridized carbons (Fsp3) is 0.316. The van der Waals surface area contributed by atoms with E-state index in [4.69, 9.17) is 0 Å². The highest BCUT2D eigenvalue weighted by atomic mass is 16.2. The van der Waals surface area contributed by atoms with Crippen LogP contribution in [-0.4, -0.2) is 40.5 Å². The van der Waals surface area contributed by atoms with Crippen molar-refractivity contribution in [2.45, 2.75) is 30.8 Å². The molecule has 0 spiro atoms. The summed E-state index contributed by atoms with van der Waals surface area (Å²) in [6.45, 7) is 0.577. The Bertz CT molecular complexity index is 766. The third-order valence-corrected chi connectivity index (χ3v) is 4.80. The van der Waals surface area contributed by atoms with Gasteiger partial charge in [0.1, 0.15) is 0 Å². The quantitative estimate of drug-likeness (QED) is 0.900. The lowest BCUT2D eigenvalue weighted by Crippen LogP contribution is -2.40. The van der Waals surface area contributed by atoms with Crippen LogP contribution in [0.3, 0.4) is 0 Å². The van der Waals surface area contributed by atoms with Gasteiger partial charge in [-0.25, -0.2) is 4.79 Å². The van der Waals surface area contributed by atoms with Gasteiger partial charge in [-0.05, 0) is 24.1 Å². The Labute approximate surface area is 146 Å². The monoisotopic (exact) mass is 336 g/mol. The number of hydrogen-bond donors (Lipinski definition) is 2. The molecule has 0 unspecified atom stereocenters. The van der Waals surface area contributed by atoms with Crippen molar-refractivity contribution in [3.8, 4) is 0 Å². The van der Waals surface area contributed by atoms with Crippen LogP contribution >= 0.6 is 0 Å². The average molecular weight is 336 g/mol. The van der Waals surface area contributed by atoms with Crippen LogP contribution in [0.4, 0.5) is 10.5 Å². The molecule has 2 heterocycles. The number of rotatable bonds is 4. The van der Waals surface area contributed by atoms with E-state index < -0.39 is 0 Å². The molecule has 1 aromatic heterocycles. The fourth-order valence-corrected chi connectivity index (χ4v) is 3.52. The second kappa shape index (κ2) is 6.55. The van der Waals surface area contributed by atoms with Crippen LogP contribution in [-0.2, 0) is 4.79 Å². The fourth-order valence-electron chi connectivity index (χ4n) is 3.52. The maximum absolute atomic E-state index is 12.3. The molecule has 1 aliphatic heterocycles. The lowest BCUT2D eigenvalue weighted by Gasteiger charge is -2.17. The average Bonchev–Trinajstić information content (AvgIpc) is 3.33. The van der Waals surface area contributed by atoms with Crippen LogP contribution in [0.2, 0.25) is 0 Å². The van der Waals surface area contributed by atoms with Gasteiger partial charge in [0.2, 0.25) is 5.91 Å². The zero-order chi connectivity index (χ0) is 17.2. The van der Waals surface area contributed by atoms with E-state index in [0.717, 1.165) is 6.42 Å². The third-order valence-electron chi connectivity index (χ3n) is 4.80. The smallest absolute Gasteiger partial charge is 0.319 e. The Balaban J connectivity index is 1.31. The molecule has 2 aliphatic rings. The maximum Gasteiger partial charge on any atom is 0.319 e. The molecule has 3 atom stereocenters. The second-order valence-electron chi connectivity index (χ2n) is 6.61. The van der Waals surface area contributed by atoms with Gasteiger partial charge in [0.15, 0.2) is 0 Å². The number of carbonyl (C=O) groups excluding carboxylic acids is 2. The first-order valence-electron chi connectivity index (χ1n) is 8.52. The normalized spacial score (nSPS) is 24.9. The Morgan fingerprint density at radius 1 is 1.16 bits per heavy atom. The number of benzene rings is 1. The van der Waals surface area contributed by atoms with Crippen LogP contribution in [0, 0.1) is 0 Å². The van der Waals surface area contributed by atoms with Gasteiger partial charge in [-0.1, -0.05) is 30.3 Å². The van der Waals surface area contributed by atoms with Crippen molar-refractivity contribution < 1.29 is 9.59 Å². The summed E-state index contributed by atoms with van der Waals surface area (Å²) in [5, 5.41) is 5.62. The van der Waals surface area contributed by atoms with E-state index in [9.17, 15) is 9.59 Å². The highest BCUT2D eigenvalue weighted by Gasteiger charge is 2.47. The van der Waals surface area contributed by atoms with Gasteiger partial charge in [-0.15, -0.1) is 0 Å². The van der Waals surface area contributed by atoms with Gasteiger partial charge >= 0.3 is 6.03 Å². The van der Waals surface area contributed by atoms with Crippen molar-refractivity contribution in [3.63, 3.8) is 0 Å². The highest BCUT2D eigenvalue weighted by molar-refractivity contribution is 5.90. The number of likely N-dealkylation sites (tertiary alicyclic amines) is 1. The number of hydrogen-bond acceptors (Lipinski definition) is 3. The lowest BCUT2D eigenvalue weighted by molar-refractivity contribution is -0.128. The highest BCUT2D eigenvalue weighted by Crippen LogP contribution is 2.45. The molecular formula is C19H20N4O2. The van der Waals surface area contributed by atoms with Gasteiger partial charge in [0.25, 0.3) is 0 Å². The minimum absolute atomic E-state index is 0.120. The zero-order valence-corrected chi connectivity index (χ0v) is 13.8. The summed E-state index contributed by atoms with van der Waals surface area (Å²) < 4.78 is 0.